The molecule has 4 heteroatoms. The first-order chi connectivity index (χ1) is 6.35. The Morgan fingerprint density at radius 2 is 2.46 bits per heavy atom. The van der Waals surface area contributed by atoms with Crippen LogP contribution >= 0.6 is 0 Å². The number of nitrogens with zero attached hydrogens (tertiary/aromatic N) is 2. The van der Waals surface area contributed by atoms with Gasteiger partial charge in [0.1, 0.15) is 12.9 Å². The Balaban J connectivity index is 1.90. The molecule has 68 valence electrons. The van der Waals surface area contributed by atoms with Gasteiger partial charge >= 0.3 is 0 Å². The third-order valence-electron chi connectivity index (χ3n) is 2.20. The molecule has 4 nitrogen and oxygen atoms in total. The number of aromatic nitrogens is 2. The molecule has 0 bridgehead atoms. The van der Waals surface area contributed by atoms with Crippen LogP contribution in [0.4, 0.5) is 0 Å². The van der Waals surface area contributed by atoms with Crippen molar-refractivity contribution in [3.05, 3.63) is 18.3 Å². The lowest BCUT2D eigenvalue weighted by molar-refractivity contribution is -0.113. The van der Waals surface area contributed by atoms with Crippen molar-refractivity contribution < 1.29 is 9.53 Å². The zero-order valence-electron chi connectivity index (χ0n) is 7.14. The van der Waals surface area contributed by atoms with E-state index < -0.39 is 0 Å². The van der Waals surface area contributed by atoms with Crippen LogP contribution < -0.4 is 4.74 Å². The van der Waals surface area contributed by atoms with Crippen LogP contribution in [0.3, 0.4) is 0 Å². The van der Waals surface area contributed by atoms with E-state index in [2.05, 4.69) is 10.2 Å². The Labute approximate surface area is 75.9 Å². The van der Waals surface area contributed by atoms with Crippen LogP contribution in [0, 0.1) is 5.41 Å². The first kappa shape index (κ1) is 8.16. The molecule has 0 radical (unpaired) electrons. The second kappa shape index (κ2) is 3.12. The Morgan fingerprint density at radius 1 is 1.62 bits per heavy atom. The SMILES string of the molecule is O=CC1(COc2cccnn2)CC1. The summed E-state index contributed by atoms with van der Waals surface area (Å²) in [6, 6.07) is 3.48. The third-order valence-corrected chi connectivity index (χ3v) is 2.20. The molecule has 0 atom stereocenters. The zero-order chi connectivity index (χ0) is 9.15. The predicted octanol–water partition coefficient (Wildman–Crippen LogP) is 0.834. The maximum Gasteiger partial charge on any atom is 0.233 e. The molecule has 1 saturated carbocycles. The summed E-state index contributed by atoms with van der Waals surface area (Å²) in [7, 11) is 0. The van der Waals surface area contributed by atoms with Crippen LogP contribution in [0.15, 0.2) is 18.3 Å². The van der Waals surface area contributed by atoms with Crippen molar-refractivity contribution in [1.29, 1.82) is 0 Å². The van der Waals surface area contributed by atoms with Gasteiger partial charge < -0.3 is 9.53 Å². The molecule has 1 aliphatic carbocycles. The fourth-order valence-corrected chi connectivity index (χ4v) is 1.04. The summed E-state index contributed by atoms with van der Waals surface area (Å²) in [4.78, 5) is 10.6. The van der Waals surface area contributed by atoms with Crippen LogP contribution in [-0.2, 0) is 4.79 Å². The van der Waals surface area contributed by atoms with E-state index in [1.807, 2.05) is 0 Å². The molecule has 1 aromatic rings. The average Bonchev–Trinajstić information content (AvgIpc) is 2.97. The molecular formula is C9H10N2O2. The highest BCUT2D eigenvalue weighted by Gasteiger charge is 2.43. The van der Waals surface area contributed by atoms with E-state index in [-0.39, 0.29) is 5.41 Å². The summed E-state index contributed by atoms with van der Waals surface area (Å²) < 4.78 is 5.32. The minimum absolute atomic E-state index is 0.225. The average molecular weight is 178 g/mol. The zero-order valence-corrected chi connectivity index (χ0v) is 7.14. The second-order valence-electron chi connectivity index (χ2n) is 3.33. The van der Waals surface area contributed by atoms with E-state index in [9.17, 15) is 4.79 Å². The Bertz CT molecular complexity index is 296. The van der Waals surface area contributed by atoms with Gasteiger partial charge in [-0.15, -0.1) is 5.10 Å². The molecule has 1 aliphatic rings. The second-order valence-corrected chi connectivity index (χ2v) is 3.33. The molecule has 1 aromatic heterocycles. The van der Waals surface area contributed by atoms with E-state index in [1.165, 1.54) is 0 Å². The van der Waals surface area contributed by atoms with E-state index in [0.717, 1.165) is 19.1 Å². The number of carbonyl (C=O) groups excluding carboxylic acids is 1. The van der Waals surface area contributed by atoms with Crippen molar-refractivity contribution in [1.82, 2.24) is 10.2 Å². The molecule has 1 heterocycles. The standard InChI is InChI=1S/C9H10N2O2/c12-6-9(3-4-9)7-13-8-2-1-5-10-11-8/h1-2,5-6H,3-4,7H2. The van der Waals surface area contributed by atoms with Crippen molar-refractivity contribution in [2.75, 3.05) is 6.61 Å². The van der Waals surface area contributed by atoms with Gasteiger partial charge in [0.25, 0.3) is 0 Å². The van der Waals surface area contributed by atoms with Gasteiger partial charge in [-0.3, -0.25) is 0 Å². The van der Waals surface area contributed by atoms with Gasteiger partial charge in [0.2, 0.25) is 5.88 Å². The monoisotopic (exact) mass is 178 g/mol. The highest BCUT2D eigenvalue weighted by molar-refractivity contribution is 5.63. The van der Waals surface area contributed by atoms with Gasteiger partial charge in [0.15, 0.2) is 0 Å². The molecule has 0 spiro atoms. The smallest absolute Gasteiger partial charge is 0.233 e. The molecule has 0 aromatic carbocycles. The molecular weight excluding hydrogens is 168 g/mol. The summed E-state index contributed by atoms with van der Waals surface area (Å²) >= 11 is 0. The van der Waals surface area contributed by atoms with Gasteiger partial charge in [0.05, 0.1) is 5.41 Å². The fourth-order valence-electron chi connectivity index (χ4n) is 1.04. The van der Waals surface area contributed by atoms with E-state index in [4.69, 9.17) is 4.74 Å². The molecule has 0 amide bonds. The molecule has 0 N–H and O–H groups in total. The predicted molar refractivity (Wildman–Crippen MR) is 45.3 cm³/mol. The van der Waals surface area contributed by atoms with E-state index in [1.54, 1.807) is 18.3 Å². The first-order valence-electron chi connectivity index (χ1n) is 4.21. The maximum atomic E-state index is 10.6. The van der Waals surface area contributed by atoms with Crippen LogP contribution in [0.2, 0.25) is 0 Å². The summed E-state index contributed by atoms with van der Waals surface area (Å²) in [5.41, 5.74) is -0.225. The number of hydrogen-bond acceptors (Lipinski definition) is 4. The van der Waals surface area contributed by atoms with Crippen molar-refractivity contribution in [2.24, 2.45) is 5.41 Å². The van der Waals surface area contributed by atoms with Gasteiger partial charge in [-0.1, -0.05) is 0 Å². The lowest BCUT2D eigenvalue weighted by Crippen LogP contribution is -2.14. The molecule has 1 fully saturated rings. The number of ether oxygens (including phenoxy) is 1. The largest absolute Gasteiger partial charge is 0.476 e. The van der Waals surface area contributed by atoms with Crippen molar-refractivity contribution >= 4 is 6.29 Å². The Hall–Kier alpha value is -1.45. The fraction of sp³-hybridized carbons (Fsp3) is 0.444. The summed E-state index contributed by atoms with van der Waals surface area (Å²) in [5, 5.41) is 7.42. The molecule has 0 saturated heterocycles. The topological polar surface area (TPSA) is 52.1 Å². The van der Waals surface area contributed by atoms with Crippen LogP contribution in [0.5, 0.6) is 5.88 Å². The van der Waals surface area contributed by atoms with Gasteiger partial charge in [-0.2, -0.15) is 5.10 Å². The van der Waals surface area contributed by atoms with Gasteiger partial charge in [-0.25, -0.2) is 0 Å². The minimum Gasteiger partial charge on any atom is -0.476 e. The quantitative estimate of drug-likeness (QED) is 0.641. The maximum absolute atomic E-state index is 10.6. The summed E-state index contributed by atoms with van der Waals surface area (Å²) in [5.74, 6) is 0.482. The van der Waals surface area contributed by atoms with Gasteiger partial charge in [-0.05, 0) is 18.9 Å². The molecule has 2 rings (SSSR count). The van der Waals surface area contributed by atoms with Crippen molar-refractivity contribution in [2.45, 2.75) is 12.8 Å². The number of aldehydes is 1. The minimum atomic E-state index is -0.225. The summed E-state index contributed by atoms with van der Waals surface area (Å²) in [6.45, 7) is 0.426. The molecule has 0 aliphatic heterocycles. The molecule has 0 unspecified atom stereocenters. The third kappa shape index (κ3) is 1.83. The molecule has 13 heavy (non-hydrogen) atoms. The summed E-state index contributed by atoms with van der Waals surface area (Å²) in [6.07, 6.45) is 4.41. The van der Waals surface area contributed by atoms with Crippen LogP contribution in [0.1, 0.15) is 12.8 Å². The number of carbonyl (C=O) groups is 1. The van der Waals surface area contributed by atoms with Crippen molar-refractivity contribution in [3.63, 3.8) is 0 Å². The van der Waals surface area contributed by atoms with Gasteiger partial charge in [0, 0.05) is 12.3 Å². The lowest BCUT2D eigenvalue weighted by atomic mass is 10.1. The number of hydrogen-bond donors (Lipinski definition) is 0. The Kier molecular flexibility index (Phi) is 1.96. The lowest BCUT2D eigenvalue weighted by Gasteiger charge is -2.07. The highest BCUT2D eigenvalue weighted by atomic mass is 16.5. The van der Waals surface area contributed by atoms with Crippen LogP contribution in [0.25, 0.3) is 0 Å². The van der Waals surface area contributed by atoms with Crippen molar-refractivity contribution in [3.8, 4) is 5.88 Å². The van der Waals surface area contributed by atoms with Crippen LogP contribution in [-0.4, -0.2) is 23.1 Å². The normalized spacial score (nSPS) is 17.8. The number of rotatable bonds is 4. The highest BCUT2D eigenvalue weighted by Crippen LogP contribution is 2.43. The van der Waals surface area contributed by atoms with E-state index >= 15 is 0 Å². The van der Waals surface area contributed by atoms with E-state index in [0.29, 0.717) is 12.5 Å². The first-order valence-corrected chi connectivity index (χ1v) is 4.21. The Morgan fingerprint density at radius 3 is 3.00 bits per heavy atom.